The Labute approximate surface area is 148 Å². The zero-order valence-corrected chi connectivity index (χ0v) is 14.6. The SMILES string of the molecule is O=C1CCC2(CCN1)CCN(Cc1c(O)ccc3ccccc13)CC2. The third kappa shape index (κ3) is 3.36. The quantitative estimate of drug-likeness (QED) is 0.882. The van der Waals surface area contributed by atoms with Crippen LogP contribution >= 0.6 is 0 Å². The summed E-state index contributed by atoms with van der Waals surface area (Å²) in [6.45, 7) is 3.69. The summed E-state index contributed by atoms with van der Waals surface area (Å²) in [5.74, 6) is 0.600. The van der Waals surface area contributed by atoms with Crippen LogP contribution in [0.3, 0.4) is 0 Å². The van der Waals surface area contributed by atoms with Gasteiger partial charge in [0, 0.05) is 25.1 Å². The van der Waals surface area contributed by atoms with E-state index in [1.807, 2.05) is 24.3 Å². The summed E-state index contributed by atoms with van der Waals surface area (Å²) in [5.41, 5.74) is 1.36. The molecule has 4 rings (SSSR count). The Bertz CT molecular complexity index is 779. The molecule has 2 saturated heterocycles. The maximum absolute atomic E-state index is 11.6. The molecule has 0 bridgehead atoms. The number of carbonyl (C=O) groups is 1. The number of benzene rings is 2. The molecule has 132 valence electrons. The Kier molecular flexibility index (Phi) is 4.38. The summed E-state index contributed by atoms with van der Waals surface area (Å²) in [7, 11) is 0. The van der Waals surface area contributed by atoms with Gasteiger partial charge in [0.25, 0.3) is 0 Å². The van der Waals surface area contributed by atoms with Crippen molar-refractivity contribution in [1.29, 1.82) is 0 Å². The average Bonchev–Trinajstić information content (AvgIpc) is 2.81. The molecule has 2 aromatic rings. The normalized spacial score (nSPS) is 21.2. The lowest BCUT2D eigenvalue weighted by Gasteiger charge is -2.41. The molecule has 0 saturated carbocycles. The van der Waals surface area contributed by atoms with E-state index in [1.54, 1.807) is 0 Å². The predicted molar refractivity (Wildman–Crippen MR) is 99.4 cm³/mol. The van der Waals surface area contributed by atoms with Crippen LogP contribution in [0.15, 0.2) is 36.4 Å². The van der Waals surface area contributed by atoms with Gasteiger partial charge in [0.15, 0.2) is 0 Å². The van der Waals surface area contributed by atoms with Crippen molar-refractivity contribution in [2.75, 3.05) is 19.6 Å². The number of likely N-dealkylation sites (tertiary alicyclic amines) is 1. The van der Waals surface area contributed by atoms with E-state index in [0.717, 1.165) is 62.8 Å². The summed E-state index contributed by atoms with van der Waals surface area (Å²) in [6.07, 6.45) is 5.09. The molecule has 2 aliphatic heterocycles. The fourth-order valence-electron chi connectivity index (χ4n) is 4.46. The number of piperidine rings is 1. The van der Waals surface area contributed by atoms with Crippen LogP contribution in [-0.2, 0) is 11.3 Å². The summed E-state index contributed by atoms with van der Waals surface area (Å²) < 4.78 is 0. The molecular weight excluding hydrogens is 312 g/mol. The van der Waals surface area contributed by atoms with E-state index in [-0.39, 0.29) is 5.91 Å². The zero-order chi connectivity index (χ0) is 17.3. The lowest BCUT2D eigenvalue weighted by Crippen LogP contribution is -2.40. The second kappa shape index (κ2) is 6.68. The number of rotatable bonds is 2. The van der Waals surface area contributed by atoms with Crippen LogP contribution in [-0.4, -0.2) is 35.5 Å². The summed E-state index contributed by atoms with van der Waals surface area (Å²) >= 11 is 0. The maximum atomic E-state index is 11.6. The minimum absolute atomic E-state index is 0.208. The highest BCUT2D eigenvalue weighted by atomic mass is 16.3. The van der Waals surface area contributed by atoms with E-state index in [0.29, 0.717) is 17.6 Å². The van der Waals surface area contributed by atoms with Crippen LogP contribution in [0.4, 0.5) is 0 Å². The molecule has 2 heterocycles. The van der Waals surface area contributed by atoms with E-state index < -0.39 is 0 Å². The molecule has 0 atom stereocenters. The van der Waals surface area contributed by atoms with E-state index in [4.69, 9.17) is 0 Å². The van der Waals surface area contributed by atoms with Crippen molar-refractivity contribution in [2.24, 2.45) is 5.41 Å². The van der Waals surface area contributed by atoms with Gasteiger partial charge in [-0.15, -0.1) is 0 Å². The number of amides is 1. The molecule has 4 nitrogen and oxygen atoms in total. The van der Waals surface area contributed by atoms with Gasteiger partial charge in [0.2, 0.25) is 5.91 Å². The van der Waals surface area contributed by atoms with E-state index in [1.165, 1.54) is 5.39 Å². The molecule has 0 aliphatic carbocycles. The van der Waals surface area contributed by atoms with Crippen LogP contribution in [0.25, 0.3) is 10.8 Å². The van der Waals surface area contributed by atoms with Gasteiger partial charge in [-0.2, -0.15) is 0 Å². The third-order valence-electron chi connectivity index (χ3n) is 6.17. The van der Waals surface area contributed by atoms with E-state index >= 15 is 0 Å². The van der Waals surface area contributed by atoms with Crippen molar-refractivity contribution in [3.8, 4) is 5.75 Å². The van der Waals surface area contributed by atoms with Gasteiger partial charge in [0.05, 0.1) is 0 Å². The smallest absolute Gasteiger partial charge is 0.220 e. The largest absolute Gasteiger partial charge is 0.508 e. The predicted octanol–water partition coefficient (Wildman–Crippen LogP) is 3.43. The van der Waals surface area contributed by atoms with Crippen LogP contribution in [0.5, 0.6) is 5.75 Å². The number of fused-ring (bicyclic) bond motifs is 1. The van der Waals surface area contributed by atoms with E-state index in [9.17, 15) is 9.90 Å². The monoisotopic (exact) mass is 338 g/mol. The van der Waals surface area contributed by atoms with Crippen molar-refractivity contribution >= 4 is 16.7 Å². The molecule has 2 fully saturated rings. The first-order valence-electron chi connectivity index (χ1n) is 9.34. The number of aromatic hydroxyl groups is 1. The molecule has 0 radical (unpaired) electrons. The standard InChI is InChI=1S/C21H26N2O2/c24-19-6-5-16-3-1-2-4-17(16)18(19)15-23-13-10-21(11-14-23)8-7-20(25)22-12-9-21/h1-6,24H,7-15H2,(H,22,25). The minimum Gasteiger partial charge on any atom is -0.508 e. The number of carbonyl (C=O) groups excluding carboxylic acids is 1. The number of hydrogen-bond acceptors (Lipinski definition) is 3. The molecule has 2 N–H and O–H groups in total. The van der Waals surface area contributed by atoms with Crippen LogP contribution in [0.1, 0.15) is 37.7 Å². The van der Waals surface area contributed by atoms with Gasteiger partial charge >= 0.3 is 0 Å². The lowest BCUT2D eigenvalue weighted by atomic mass is 9.73. The Morgan fingerprint density at radius 1 is 1.04 bits per heavy atom. The van der Waals surface area contributed by atoms with Gasteiger partial charge in [-0.05, 0) is 61.0 Å². The zero-order valence-electron chi connectivity index (χ0n) is 14.6. The maximum Gasteiger partial charge on any atom is 0.220 e. The lowest BCUT2D eigenvalue weighted by molar-refractivity contribution is -0.121. The Balaban J connectivity index is 1.47. The molecule has 0 aromatic heterocycles. The van der Waals surface area contributed by atoms with Crippen molar-refractivity contribution < 1.29 is 9.90 Å². The first-order valence-corrected chi connectivity index (χ1v) is 9.34. The van der Waals surface area contributed by atoms with Crippen LogP contribution < -0.4 is 5.32 Å². The summed E-state index contributed by atoms with van der Waals surface area (Å²) in [4.78, 5) is 14.1. The first-order chi connectivity index (χ1) is 12.2. The number of hydrogen-bond donors (Lipinski definition) is 2. The van der Waals surface area contributed by atoms with Gasteiger partial charge in [0.1, 0.15) is 5.75 Å². The number of nitrogens with one attached hydrogen (secondary N) is 1. The Hall–Kier alpha value is -2.07. The fourth-order valence-corrected chi connectivity index (χ4v) is 4.46. The summed E-state index contributed by atoms with van der Waals surface area (Å²) in [6, 6.07) is 12.1. The van der Waals surface area contributed by atoms with Gasteiger partial charge in [-0.25, -0.2) is 0 Å². The molecule has 1 spiro atoms. The molecule has 4 heteroatoms. The van der Waals surface area contributed by atoms with Gasteiger partial charge in [-0.1, -0.05) is 30.3 Å². The number of phenolic OH excluding ortho intramolecular Hbond substituents is 1. The molecule has 1 amide bonds. The molecule has 2 aliphatic rings. The van der Waals surface area contributed by atoms with E-state index in [2.05, 4.69) is 22.3 Å². The van der Waals surface area contributed by atoms with Crippen LogP contribution in [0, 0.1) is 5.41 Å². The molecule has 0 unspecified atom stereocenters. The van der Waals surface area contributed by atoms with Crippen molar-refractivity contribution in [3.05, 3.63) is 42.0 Å². The Morgan fingerprint density at radius 3 is 2.68 bits per heavy atom. The fraction of sp³-hybridized carbons (Fsp3) is 0.476. The molecular formula is C21H26N2O2. The van der Waals surface area contributed by atoms with Crippen molar-refractivity contribution in [3.63, 3.8) is 0 Å². The second-order valence-corrected chi connectivity index (χ2v) is 7.66. The highest BCUT2D eigenvalue weighted by molar-refractivity contribution is 5.87. The second-order valence-electron chi connectivity index (χ2n) is 7.66. The third-order valence-corrected chi connectivity index (χ3v) is 6.17. The minimum atomic E-state index is 0.208. The molecule has 2 aromatic carbocycles. The van der Waals surface area contributed by atoms with Gasteiger partial charge in [-0.3, -0.25) is 9.69 Å². The summed E-state index contributed by atoms with van der Waals surface area (Å²) in [5, 5.41) is 15.7. The van der Waals surface area contributed by atoms with Crippen molar-refractivity contribution in [2.45, 2.75) is 38.6 Å². The van der Waals surface area contributed by atoms with Gasteiger partial charge < -0.3 is 10.4 Å². The highest BCUT2D eigenvalue weighted by Crippen LogP contribution is 2.41. The average molecular weight is 338 g/mol. The number of phenols is 1. The first kappa shape index (κ1) is 16.4. The van der Waals surface area contributed by atoms with Crippen molar-refractivity contribution in [1.82, 2.24) is 10.2 Å². The Morgan fingerprint density at radius 2 is 1.84 bits per heavy atom. The molecule has 25 heavy (non-hydrogen) atoms. The number of nitrogens with zero attached hydrogens (tertiary/aromatic N) is 1. The topological polar surface area (TPSA) is 52.6 Å². The highest BCUT2D eigenvalue weighted by Gasteiger charge is 2.36. The van der Waals surface area contributed by atoms with Crippen LogP contribution in [0.2, 0.25) is 0 Å².